The van der Waals surface area contributed by atoms with E-state index < -0.39 is 0 Å². The van der Waals surface area contributed by atoms with Gasteiger partial charge >= 0.3 is 0 Å². The lowest BCUT2D eigenvalue weighted by Gasteiger charge is -2.28. The molecule has 0 spiro atoms. The molecule has 1 atom stereocenters. The summed E-state index contributed by atoms with van der Waals surface area (Å²) in [6.07, 6.45) is 0. The second-order valence-electron chi connectivity index (χ2n) is 3.50. The Morgan fingerprint density at radius 3 is 2.88 bits per heavy atom. The molecule has 2 amide bonds. The Kier molecular flexibility index (Phi) is 3.21. The number of nitrogens with zero attached hydrogens (tertiary/aromatic N) is 1. The van der Waals surface area contributed by atoms with Gasteiger partial charge in [-0.15, -0.1) is 11.8 Å². The van der Waals surface area contributed by atoms with E-state index in [0.29, 0.717) is 16.5 Å². The summed E-state index contributed by atoms with van der Waals surface area (Å²) in [6.45, 7) is 1.80. The average molecular weight is 256 g/mol. The Hall–Kier alpha value is -1.00. The van der Waals surface area contributed by atoms with E-state index >= 15 is 0 Å². The number of benzene rings is 1. The Balaban J connectivity index is 2.37. The minimum Gasteiger partial charge on any atom is -0.273 e. The molecule has 5 heteroatoms. The summed E-state index contributed by atoms with van der Waals surface area (Å²) in [5.74, 6) is -0.0294. The molecule has 0 N–H and O–H groups in total. The van der Waals surface area contributed by atoms with Crippen LogP contribution < -0.4 is 4.90 Å². The van der Waals surface area contributed by atoms with Crippen molar-refractivity contribution >= 4 is 40.9 Å². The van der Waals surface area contributed by atoms with E-state index in [4.69, 9.17) is 11.6 Å². The number of imide groups is 1. The molecule has 1 aromatic carbocycles. The minimum absolute atomic E-state index is 0.177. The van der Waals surface area contributed by atoms with Gasteiger partial charge in [-0.25, -0.2) is 4.90 Å². The zero-order chi connectivity index (χ0) is 11.7. The number of amides is 2. The van der Waals surface area contributed by atoms with E-state index in [1.807, 2.05) is 0 Å². The quantitative estimate of drug-likeness (QED) is 0.723. The number of halogens is 1. The van der Waals surface area contributed by atoms with Gasteiger partial charge in [0.2, 0.25) is 11.8 Å². The molecule has 0 unspecified atom stereocenters. The maximum atomic E-state index is 11.9. The van der Waals surface area contributed by atoms with E-state index in [-0.39, 0.29) is 17.1 Å². The lowest BCUT2D eigenvalue weighted by molar-refractivity contribution is -0.125. The van der Waals surface area contributed by atoms with Crippen LogP contribution in [0.2, 0.25) is 5.02 Å². The molecule has 0 aliphatic carbocycles. The normalized spacial score (nSPS) is 21.4. The van der Waals surface area contributed by atoms with Gasteiger partial charge in [0.1, 0.15) is 0 Å². The van der Waals surface area contributed by atoms with E-state index in [1.165, 1.54) is 16.7 Å². The highest BCUT2D eigenvalue weighted by Crippen LogP contribution is 2.27. The maximum Gasteiger partial charge on any atom is 0.246 e. The zero-order valence-electron chi connectivity index (χ0n) is 8.64. The highest BCUT2D eigenvalue weighted by molar-refractivity contribution is 8.01. The van der Waals surface area contributed by atoms with Crippen molar-refractivity contribution in [2.45, 2.75) is 12.2 Å². The van der Waals surface area contributed by atoms with Gasteiger partial charge in [-0.1, -0.05) is 17.7 Å². The Morgan fingerprint density at radius 1 is 1.44 bits per heavy atom. The van der Waals surface area contributed by atoms with Crippen LogP contribution in [-0.2, 0) is 9.59 Å². The van der Waals surface area contributed by atoms with Crippen molar-refractivity contribution < 1.29 is 9.59 Å². The van der Waals surface area contributed by atoms with Crippen molar-refractivity contribution in [2.75, 3.05) is 10.7 Å². The highest BCUT2D eigenvalue weighted by atomic mass is 35.5. The molecule has 0 bridgehead atoms. The van der Waals surface area contributed by atoms with Crippen molar-refractivity contribution in [3.05, 3.63) is 29.3 Å². The Morgan fingerprint density at radius 2 is 2.19 bits per heavy atom. The first kappa shape index (κ1) is 11.5. The molecule has 1 heterocycles. The molecule has 0 radical (unpaired) electrons. The fraction of sp³-hybridized carbons (Fsp3) is 0.273. The van der Waals surface area contributed by atoms with Crippen LogP contribution in [0, 0.1) is 0 Å². The fourth-order valence-corrected chi connectivity index (χ4v) is 2.48. The van der Waals surface area contributed by atoms with Crippen LogP contribution in [0.5, 0.6) is 0 Å². The zero-order valence-corrected chi connectivity index (χ0v) is 10.2. The van der Waals surface area contributed by atoms with Crippen LogP contribution in [0.4, 0.5) is 5.69 Å². The number of carbonyl (C=O) groups excluding carboxylic acids is 2. The number of rotatable bonds is 1. The summed E-state index contributed by atoms with van der Waals surface area (Å²) in [6, 6.07) is 6.78. The molecule has 2 rings (SSSR count). The Bertz CT molecular complexity index is 449. The number of hydrogen-bond donors (Lipinski definition) is 0. The van der Waals surface area contributed by atoms with Crippen LogP contribution in [0.15, 0.2) is 24.3 Å². The standard InChI is InChI=1S/C11H10ClNO2S/c1-7-11(15)13(10(14)6-16-7)9-4-2-3-8(12)5-9/h2-5,7H,6H2,1H3/t7-/m0/s1. The van der Waals surface area contributed by atoms with Crippen molar-refractivity contribution in [2.24, 2.45) is 0 Å². The predicted molar refractivity (Wildman–Crippen MR) is 65.9 cm³/mol. The molecule has 1 aliphatic heterocycles. The van der Waals surface area contributed by atoms with Gasteiger partial charge in [0, 0.05) is 5.02 Å². The predicted octanol–water partition coefficient (Wildman–Crippen LogP) is 2.33. The summed E-state index contributed by atoms with van der Waals surface area (Å²) in [5, 5.41) is 0.334. The molecule has 1 fully saturated rings. The molecule has 1 aromatic rings. The second-order valence-corrected chi connectivity index (χ2v) is 5.27. The van der Waals surface area contributed by atoms with Crippen molar-refractivity contribution in [3.63, 3.8) is 0 Å². The first-order chi connectivity index (χ1) is 7.59. The highest BCUT2D eigenvalue weighted by Gasteiger charge is 2.33. The fourth-order valence-electron chi connectivity index (χ4n) is 1.52. The number of hydrogen-bond acceptors (Lipinski definition) is 3. The van der Waals surface area contributed by atoms with Crippen LogP contribution in [0.1, 0.15) is 6.92 Å². The molecule has 3 nitrogen and oxygen atoms in total. The molecule has 16 heavy (non-hydrogen) atoms. The van der Waals surface area contributed by atoms with Gasteiger partial charge in [-0.3, -0.25) is 9.59 Å². The molecule has 1 aliphatic rings. The van der Waals surface area contributed by atoms with Gasteiger partial charge in [0.15, 0.2) is 0 Å². The smallest absolute Gasteiger partial charge is 0.246 e. The third kappa shape index (κ3) is 2.08. The largest absolute Gasteiger partial charge is 0.273 e. The number of thioether (sulfide) groups is 1. The third-order valence-corrected chi connectivity index (χ3v) is 3.69. The van der Waals surface area contributed by atoms with Crippen LogP contribution >= 0.6 is 23.4 Å². The van der Waals surface area contributed by atoms with Crippen molar-refractivity contribution in [1.29, 1.82) is 0 Å². The first-order valence-corrected chi connectivity index (χ1v) is 6.26. The monoisotopic (exact) mass is 255 g/mol. The Labute approximate surface area is 103 Å². The SMILES string of the molecule is C[C@@H]1SCC(=O)N(c2cccc(Cl)c2)C1=O. The number of anilines is 1. The molecule has 0 aromatic heterocycles. The molecular weight excluding hydrogens is 246 g/mol. The van der Waals surface area contributed by atoms with Gasteiger partial charge in [0.05, 0.1) is 16.7 Å². The molecular formula is C11H10ClNO2S. The first-order valence-electron chi connectivity index (χ1n) is 4.83. The van der Waals surface area contributed by atoms with E-state index in [2.05, 4.69) is 0 Å². The molecule has 84 valence electrons. The van der Waals surface area contributed by atoms with Gasteiger partial charge in [-0.05, 0) is 25.1 Å². The average Bonchev–Trinajstić information content (AvgIpc) is 2.24. The topological polar surface area (TPSA) is 37.4 Å². The number of carbonyl (C=O) groups is 2. The maximum absolute atomic E-state index is 11.9. The van der Waals surface area contributed by atoms with Crippen LogP contribution in [0.25, 0.3) is 0 Å². The van der Waals surface area contributed by atoms with Crippen LogP contribution in [-0.4, -0.2) is 22.8 Å². The summed E-state index contributed by atoms with van der Waals surface area (Å²) in [7, 11) is 0. The van der Waals surface area contributed by atoms with Crippen molar-refractivity contribution in [3.8, 4) is 0 Å². The second kappa shape index (κ2) is 4.47. The van der Waals surface area contributed by atoms with Crippen molar-refractivity contribution in [1.82, 2.24) is 0 Å². The molecule has 0 saturated carbocycles. The summed E-state index contributed by atoms with van der Waals surface area (Å²) in [4.78, 5) is 24.8. The lowest BCUT2D eigenvalue weighted by atomic mass is 10.2. The van der Waals surface area contributed by atoms with E-state index in [1.54, 1.807) is 31.2 Å². The van der Waals surface area contributed by atoms with Gasteiger partial charge in [0.25, 0.3) is 0 Å². The van der Waals surface area contributed by atoms with Gasteiger partial charge in [-0.2, -0.15) is 0 Å². The van der Waals surface area contributed by atoms with E-state index in [0.717, 1.165) is 0 Å². The third-order valence-electron chi connectivity index (χ3n) is 2.34. The summed E-state index contributed by atoms with van der Waals surface area (Å²) in [5.41, 5.74) is 0.551. The summed E-state index contributed by atoms with van der Waals surface area (Å²) < 4.78 is 0. The molecule has 1 saturated heterocycles. The van der Waals surface area contributed by atoms with Crippen LogP contribution in [0.3, 0.4) is 0 Å². The van der Waals surface area contributed by atoms with Gasteiger partial charge < -0.3 is 0 Å². The van der Waals surface area contributed by atoms with E-state index in [9.17, 15) is 9.59 Å². The minimum atomic E-state index is -0.185. The summed E-state index contributed by atoms with van der Waals surface area (Å²) >= 11 is 7.20. The lowest BCUT2D eigenvalue weighted by Crippen LogP contribution is -2.46.